The molecule has 0 saturated carbocycles. The van der Waals surface area contributed by atoms with E-state index in [1.165, 1.54) is 0 Å². The third-order valence-electron chi connectivity index (χ3n) is 1.36. The summed E-state index contributed by atoms with van der Waals surface area (Å²) in [6, 6.07) is -0.590. The van der Waals surface area contributed by atoms with Gasteiger partial charge in [-0.05, 0) is 13.5 Å². The molecule has 0 fully saturated rings. The molecule has 0 aromatic carbocycles. The van der Waals surface area contributed by atoms with Gasteiger partial charge in [0.1, 0.15) is 6.04 Å². The number of nitrogens with one attached hydrogen (secondary N) is 1. The van der Waals surface area contributed by atoms with E-state index in [0.29, 0.717) is 13.0 Å². The fourth-order valence-electron chi connectivity index (χ4n) is 0.714. The second-order valence-electron chi connectivity index (χ2n) is 2.27. The van der Waals surface area contributed by atoms with Gasteiger partial charge < -0.3 is 21.9 Å². The molecule has 0 radical (unpaired) electrons. The Morgan fingerprint density at radius 1 is 1.67 bits per heavy atom. The zero-order valence-electron chi connectivity index (χ0n) is 6.95. The lowest BCUT2D eigenvalue weighted by Gasteiger charge is -2.08. The standard InChI is InChI=1S/C6H14N4O2/c1-9-4(5(11)12)2-3-10-6(7)8/h4,9H,2-3H2,1H3,(H,11,12)(H4,7,8,10)/t4-/m0/s1. The Hall–Kier alpha value is -1.30. The molecule has 0 amide bonds. The lowest BCUT2D eigenvalue weighted by Crippen LogP contribution is -2.34. The second-order valence-corrected chi connectivity index (χ2v) is 2.27. The molecular formula is C6H14N4O2. The minimum atomic E-state index is -0.900. The maximum absolute atomic E-state index is 10.4. The lowest BCUT2D eigenvalue weighted by molar-refractivity contribution is -0.139. The first-order chi connectivity index (χ1) is 5.57. The summed E-state index contributed by atoms with van der Waals surface area (Å²) in [4.78, 5) is 14.1. The van der Waals surface area contributed by atoms with E-state index in [0.717, 1.165) is 0 Å². The fraction of sp³-hybridized carbons (Fsp3) is 0.667. The molecule has 0 aliphatic heterocycles. The normalized spacial score (nSPS) is 12.1. The van der Waals surface area contributed by atoms with E-state index in [-0.39, 0.29) is 5.96 Å². The highest BCUT2D eigenvalue weighted by Crippen LogP contribution is 1.91. The van der Waals surface area contributed by atoms with Crippen LogP contribution in [0, 0.1) is 0 Å². The predicted molar refractivity (Wildman–Crippen MR) is 45.8 cm³/mol. The number of carboxylic acid groups (broad SMARTS) is 1. The van der Waals surface area contributed by atoms with Gasteiger partial charge in [0, 0.05) is 6.54 Å². The molecule has 0 aromatic heterocycles. The molecule has 0 aliphatic carbocycles. The Kier molecular flexibility index (Phi) is 4.78. The molecule has 0 saturated heterocycles. The number of likely N-dealkylation sites (N-methyl/N-ethyl adjacent to an activating group) is 1. The van der Waals surface area contributed by atoms with Crippen molar-refractivity contribution in [1.82, 2.24) is 5.32 Å². The minimum absolute atomic E-state index is 0.0183. The quantitative estimate of drug-likeness (QED) is 0.294. The van der Waals surface area contributed by atoms with Crippen LogP contribution in [0.4, 0.5) is 0 Å². The monoisotopic (exact) mass is 174 g/mol. The zero-order valence-corrected chi connectivity index (χ0v) is 6.95. The average Bonchev–Trinajstić information content (AvgIpc) is 1.96. The number of rotatable bonds is 5. The molecule has 6 N–H and O–H groups in total. The Morgan fingerprint density at radius 3 is 2.58 bits per heavy atom. The Bertz CT molecular complexity index is 176. The van der Waals surface area contributed by atoms with Crippen molar-refractivity contribution in [1.29, 1.82) is 0 Å². The van der Waals surface area contributed by atoms with Crippen molar-refractivity contribution in [3.63, 3.8) is 0 Å². The number of carboxylic acids is 1. The predicted octanol–water partition coefficient (Wildman–Crippen LogP) is -1.68. The van der Waals surface area contributed by atoms with Gasteiger partial charge in [0.2, 0.25) is 0 Å². The van der Waals surface area contributed by atoms with E-state index >= 15 is 0 Å². The molecule has 0 unspecified atom stereocenters. The SMILES string of the molecule is CN[C@@H](CCN=C(N)N)C(=O)O. The number of nitrogens with two attached hydrogens (primary N) is 2. The number of hydrogen-bond acceptors (Lipinski definition) is 3. The Labute approximate surface area is 70.6 Å². The van der Waals surface area contributed by atoms with Crippen LogP contribution in [0.3, 0.4) is 0 Å². The molecule has 6 heteroatoms. The first-order valence-electron chi connectivity index (χ1n) is 3.53. The van der Waals surface area contributed by atoms with Crippen molar-refractivity contribution in [2.75, 3.05) is 13.6 Å². The molecule has 0 rings (SSSR count). The summed E-state index contributed by atoms with van der Waals surface area (Å²) in [6.45, 7) is 0.320. The van der Waals surface area contributed by atoms with E-state index < -0.39 is 12.0 Å². The summed E-state index contributed by atoms with van der Waals surface area (Å²) >= 11 is 0. The Morgan fingerprint density at radius 2 is 2.25 bits per heavy atom. The third kappa shape index (κ3) is 4.51. The molecular weight excluding hydrogens is 160 g/mol. The molecule has 70 valence electrons. The summed E-state index contributed by atoms with van der Waals surface area (Å²) in [5.74, 6) is -0.918. The topological polar surface area (TPSA) is 114 Å². The molecule has 0 bridgehead atoms. The summed E-state index contributed by atoms with van der Waals surface area (Å²) in [6.07, 6.45) is 0.379. The average molecular weight is 174 g/mol. The van der Waals surface area contributed by atoms with Gasteiger partial charge in [-0.2, -0.15) is 0 Å². The maximum atomic E-state index is 10.4. The summed E-state index contributed by atoms with van der Waals surface area (Å²) in [5, 5.41) is 11.2. The number of carbonyl (C=O) groups is 1. The Balaban J connectivity index is 3.74. The number of aliphatic carboxylic acids is 1. The van der Waals surface area contributed by atoms with Crippen LogP contribution in [-0.4, -0.2) is 36.7 Å². The molecule has 0 aliphatic rings. The van der Waals surface area contributed by atoms with Crippen molar-refractivity contribution in [3.05, 3.63) is 0 Å². The van der Waals surface area contributed by atoms with Gasteiger partial charge in [-0.3, -0.25) is 9.79 Å². The summed E-state index contributed by atoms with van der Waals surface area (Å²) in [7, 11) is 1.58. The molecule has 12 heavy (non-hydrogen) atoms. The molecule has 1 atom stereocenters. The summed E-state index contributed by atoms with van der Waals surface area (Å²) in [5.41, 5.74) is 10.1. The molecule has 0 aromatic rings. The highest BCUT2D eigenvalue weighted by Gasteiger charge is 2.13. The minimum Gasteiger partial charge on any atom is -0.480 e. The molecule has 6 nitrogen and oxygen atoms in total. The highest BCUT2D eigenvalue weighted by atomic mass is 16.4. The van der Waals surface area contributed by atoms with Gasteiger partial charge >= 0.3 is 5.97 Å². The first-order valence-corrected chi connectivity index (χ1v) is 3.53. The van der Waals surface area contributed by atoms with Crippen LogP contribution < -0.4 is 16.8 Å². The van der Waals surface area contributed by atoms with Crippen molar-refractivity contribution >= 4 is 11.9 Å². The molecule has 0 spiro atoms. The first kappa shape index (κ1) is 10.7. The van der Waals surface area contributed by atoms with Gasteiger partial charge in [-0.15, -0.1) is 0 Å². The highest BCUT2D eigenvalue weighted by molar-refractivity contribution is 5.76. The van der Waals surface area contributed by atoms with Gasteiger partial charge in [-0.25, -0.2) is 0 Å². The van der Waals surface area contributed by atoms with Crippen LogP contribution >= 0.6 is 0 Å². The fourth-order valence-corrected chi connectivity index (χ4v) is 0.714. The van der Waals surface area contributed by atoms with Crippen LogP contribution in [0.25, 0.3) is 0 Å². The van der Waals surface area contributed by atoms with E-state index in [4.69, 9.17) is 16.6 Å². The summed E-state index contributed by atoms with van der Waals surface area (Å²) < 4.78 is 0. The third-order valence-corrected chi connectivity index (χ3v) is 1.36. The van der Waals surface area contributed by atoms with Crippen molar-refractivity contribution in [3.8, 4) is 0 Å². The van der Waals surface area contributed by atoms with Gasteiger partial charge in [0.15, 0.2) is 5.96 Å². The second kappa shape index (κ2) is 5.36. The van der Waals surface area contributed by atoms with Gasteiger partial charge in [-0.1, -0.05) is 0 Å². The van der Waals surface area contributed by atoms with Crippen LogP contribution in [0.5, 0.6) is 0 Å². The smallest absolute Gasteiger partial charge is 0.320 e. The number of hydrogen-bond donors (Lipinski definition) is 4. The van der Waals surface area contributed by atoms with Crippen molar-refractivity contribution in [2.45, 2.75) is 12.5 Å². The number of aliphatic imine (C=N–C) groups is 1. The largest absolute Gasteiger partial charge is 0.480 e. The van der Waals surface area contributed by atoms with Crippen LogP contribution in [0.2, 0.25) is 0 Å². The number of nitrogens with zero attached hydrogens (tertiary/aromatic N) is 1. The van der Waals surface area contributed by atoms with Gasteiger partial charge in [0.25, 0.3) is 0 Å². The van der Waals surface area contributed by atoms with Crippen LogP contribution in [0.1, 0.15) is 6.42 Å². The van der Waals surface area contributed by atoms with Crippen molar-refractivity contribution in [2.24, 2.45) is 16.5 Å². The zero-order chi connectivity index (χ0) is 9.56. The van der Waals surface area contributed by atoms with Crippen molar-refractivity contribution < 1.29 is 9.90 Å². The van der Waals surface area contributed by atoms with E-state index in [1.807, 2.05) is 0 Å². The van der Waals surface area contributed by atoms with Crippen LogP contribution in [-0.2, 0) is 4.79 Å². The van der Waals surface area contributed by atoms with E-state index in [2.05, 4.69) is 10.3 Å². The van der Waals surface area contributed by atoms with Crippen LogP contribution in [0.15, 0.2) is 4.99 Å². The van der Waals surface area contributed by atoms with Gasteiger partial charge in [0.05, 0.1) is 0 Å². The maximum Gasteiger partial charge on any atom is 0.320 e. The number of guanidine groups is 1. The molecule has 0 heterocycles. The lowest BCUT2D eigenvalue weighted by atomic mass is 10.2. The van der Waals surface area contributed by atoms with E-state index in [9.17, 15) is 4.79 Å². The van der Waals surface area contributed by atoms with E-state index in [1.54, 1.807) is 7.05 Å².